The number of benzene rings is 1. The van der Waals surface area contributed by atoms with Crippen LogP contribution in [0.15, 0.2) is 34.1 Å². The van der Waals surface area contributed by atoms with Gasteiger partial charge >= 0.3 is 0 Å². The summed E-state index contributed by atoms with van der Waals surface area (Å²) in [4.78, 5) is 0.695. The Labute approximate surface area is 111 Å². The Kier molecular flexibility index (Phi) is 3.81. The van der Waals surface area contributed by atoms with Gasteiger partial charge in [0.25, 0.3) is 0 Å². The van der Waals surface area contributed by atoms with Crippen LogP contribution in [0.5, 0.6) is 5.75 Å². The Morgan fingerprint density at radius 2 is 2.12 bits per heavy atom. The van der Waals surface area contributed by atoms with Gasteiger partial charge in [-0.2, -0.15) is 0 Å². The Balaban J connectivity index is 2.34. The quantitative estimate of drug-likeness (QED) is 0.934. The predicted molar refractivity (Wildman–Crippen MR) is 69.0 cm³/mol. The highest BCUT2D eigenvalue weighted by Gasteiger charge is 2.17. The van der Waals surface area contributed by atoms with Crippen molar-refractivity contribution in [2.75, 3.05) is 7.11 Å². The summed E-state index contributed by atoms with van der Waals surface area (Å²) in [6.07, 6.45) is -0.947. The number of aliphatic hydroxyl groups is 1. The fourth-order valence-electron chi connectivity index (χ4n) is 1.49. The van der Waals surface area contributed by atoms with Crippen LogP contribution in [0.4, 0.5) is 4.39 Å². The van der Waals surface area contributed by atoms with Crippen LogP contribution in [-0.4, -0.2) is 12.2 Å². The second-order valence-corrected chi connectivity index (χ2v) is 5.93. The summed E-state index contributed by atoms with van der Waals surface area (Å²) < 4.78 is 19.5. The van der Waals surface area contributed by atoms with E-state index in [4.69, 9.17) is 4.74 Å². The van der Waals surface area contributed by atoms with E-state index < -0.39 is 11.9 Å². The number of hydrogen-bond acceptors (Lipinski definition) is 3. The fraction of sp³-hybridized carbons (Fsp3) is 0.167. The van der Waals surface area contributed by atoms with Crippen LogP contribution in [0.2, 0.25) is 0 Å². The molecule has 17 heavy (non-hydrogen) atoms. The molecule has 0 amide bonds. The van der Waals surface area contributed by atoms with Crippen LogP contribution in [0.25, 0.3) is 0 Å². The molecule has 0 aliphatic carbocycles. The first-order chi connectivity index (χ1) is 8.11. The minimum atomic E-state index is -0.947. The van der Waals surface area contributed by atoms with Gasteiger partial charge in [0.05, 0.1) is 10.9 Å². The summed E-state index contributed by atoms with van der Waals surface area (Å²) in [7, 11) is 1.47. The van der Waals surface area contributed by atoms with Crippen LogP contribution in [0.1, 0.15) is 16.5 Å². The second kappa shape index (κ2) is 5.16. The van der Waals surface area contributed by atoms with Crippen molar-refractivity contribution >= 4 is 27.3 Å². The summed E-state index contributed by atoms with van der Waals surface area (Å²) in [6, 6.07) is 8.02. The van der Waals surface area contributed by atoms with Gasteiger partial charge in [0.1, 0.15) is 17.7 Å². The lowest BCUT2D eigenvalue weighted by Crippen LogP contribution is -2.00. The molecule has 0 fully saturated rings. The monoisotopic (exact) mass is 316 g/mol. The van der Waals surface area contributed by atoms with E-state index in [1.54, 1.807) is 12.1 Å². The molecule has 1 aromatic heterocycles. The molecular formula is C12H10BrFO2S. The molecule has 0 spiro atoms. The second-order valence-electron chi connectivity index (χ2n) is 3.43. The number of halogens is 2. The Morgan fingerprint density at radius 1 is 1.35 bits per heavy atom. The van der Waals surface area contributed by atoms with Crippen molar-refractivity contribution < 1.29 is 14.2 Å². The fourth-order valence-corrected chi connectivity index (χ4v) is 2.91. The van der Waals surface area contributed by atoms with E-state index in [0.717, 1.165) is 3.79 Å². The number of ether oxygens (including phenoxy) is 1. The third-order valence-corrected chi connectivity index (χ3v) is 4.04. The molecule has 2 aromatic rings. The molecule has 1 N–H and O–H groups in total. The van der Waals surface area contributed by atoms with E-state index >= 15 is 0 Å². The average molecular weight is 317 g/mol. The molecule has 0 radical (unpaired) electrons. The largest absolute Gasteiger partial charge is 0.497 e. The van der Waals surface area contributed by atoms with Crippen LogP contribution in [-0.2, 0) is 0 Å². The zero-order valence-electron chi connectivity index (χ0n) is 8.98. The molecule has 0 saturated carbocycles. The van der Waals surface area contributed by atoms with Crippen molar-refractivity contribution in [3.63, 3.8) is 0 Å². The van der Waals surface area contributed by atoms with Crippen LogP contribution >= 0.6 is 27.3 Å². The van der Waals surface area contributed by atoms with E-state index in [1.807, 2.05) is 6.07 Å². The third kappa shape index (κ3) is 2.68. The summed E-state index contributed by atoms with van der Waals surface area (Å²) >= 11 is 4.69. The van der Waals surface area contributed by atoms with Gasteiger partial charge in [0.2, 0.25) is 0 Å². The van der Waals surface area contributed by atoms with Crippen LogP contribution in [0, 0.1) is 5.82 Å². The van der Waals surface area contributed by atoms with Gasteiger partial charge in [0.15, 0.2) is 0 Å². The number of rotatable bonds is 3. The highest BCUT2D eigenvalue weighted by Crippen LogP contribution is 2.33. The number of methoxy groups -OCH3 is 1. The van der Waals surface area contributed by atoms with Crippen molar-refractivity contribution in [3.05, 3.63) is 50.4 Å². The molecule has 90 valence electrons. The molecule has 0 aliphatic heterocycles. The van der Waals surface area contributed by atoms with E-state index in [9.17, 15) is 9.50 Å². The van der Waals surface area contributed by atoms with E-state index in [1.165, 1.54) is 30.6 Å². The lowest BCUT2D eigenvalue weighted by atomic mass is 10.1. The van der Waals surface area contributed by atoms with E-state index in [0.29, 0.717) is 10.6 Å². The number of thiophene rings is 1. The number of hydrogen-bond donors (Lipinski definition) is 1. The maximum atomic E-state index is 13.7. The maximum absolute atomic E-state index is 13.7. The minimum Gasteiger partial charge on any atom is -0.497 e. The molecule has 1 atom stereocenters. The minimum absolute atomic E-state index is 0.250. The summed E-state index contributed by atoms with van der Waals surface area (Å²) in [6.45, 7) is 0. The molecular weight excluding hydrogens is 307 g/mol. The van der Waals surface area contributed by atoms with Crippen molar-refractivity contribution in [1.82, 2.24) is 0 Å². The van der Waals surface area contributed by atoms with E-state index in [2.05, 4.69) is 15.9 Å². The molecule has 0 saturated heterocycles. The van der Waals surface area contributed by atoms with Gasteiger partial charge in [0, 0.05) is 16.5 Å². The zero-order chi connectivity index (χ0) is 12.4. The molecule has 2 nitrogen and oxygen atoms in total. The van der Waals surface area contributed by atoms with Gasteiger partial charge in [-0.25, -0.2) is 4.39 Å². The first kappa shape index (κ1) is 12.5. The van der Waals surface area contributed by atoms with Gasteiger partial charge < -0.3 is 9.84 Å². The molecule has 2 rings (SSSR count). The van der Waals surface area contributed by atoms with Crippen molar-refractivity contribution in [3.8, 4) is 5.75 Å². The first-order valence-electron chi connectivity index (χ1n) is 4.88. The third-order valence-electron chi connectivity index (χ3n) is 2.37. The van der Waals surface area contributed by atoms with Crippen LogP contribution < -0.4 is 4.74 Å². The molecule has 0 aliphatic rings. The summed E-state index contributed by atoms with van der Waals surface area (Å²) in [5, 5.41) is 10.1. The predicted octanol–water partition coefficient (Wildman–Crippen LogP) is 3.74. The normalized spacial score (nSPS) is 12.5. The van der Waals surface area contributed by atoms with Gasteiger partial charge in [-0.15, -0.1) is 11.3 Å². The molecule has 1 aromatic carbocycles. The lowest BCUT2D eigenvalue weighted by molar-refractivity contribution is 0.218. The Hall–Kier alpha value is -0.910. The summed E-state index contributed by atoms with van der Waals surface area (Å²) in [5.41, 5.74) is 0.250. The van der Waals surface area contributed by atoms with E-state index in [-0.39, 0.29) is 5.56 Å². The topological polar surface area (TPSA) is 29.5 Å². The molecule has 5 heteroatoms. The molecule has 1 heterocycles. The van der Waals surface area contributed by atoms with Crippen molar-refractivity contribution in [2.45, 2.75) is 6.10 Å². The Morgan fingerprint density at radius 3 is 2.65 bits per heavy atom. The van der Waals surface area contributed by atoms with Crippen molar-refractivity contribution in [1.29, 1.82) is 0 Å². The van der Waals surface area contributed by atoms with Gasteiger partial charge in [-0.3, -0.25) is 0 Å². The number of aliphatic hydroxyl groups excluding tert-OH is 1. The average Bonchev–Trinajstić information content (AvgIpc) is 2.75. The van der Waals surface area contributed by atoms with Crippen LogP contribution in [0.3, 0.4) is 0 Å². The van der Waals surface area contributed by atoms with Gasteiger partial charge in [-0.1, -0.05) is 0 Å². The molecule has 1 unspecified atom stereocenters. The smallest absolute Gasteiger partial charge is 0.133 e. The summed E-state index contributed by atoms with van der Waals surface area (Å²) in [5.74, 6) is -0.0350. The highest BCUT2D eigenvalue weighted by atomic mass is 79.9. The first-order valence-corrected chi connectivity index (χ1v) is 6.49. The maximum Gasteiger partial charge on any atom is 0.133 e. The molecule has 0 bridgehead atoms. The Bertz CT molecular complexity index is 527. The standard InChI is InChI=1S/C12H10BrFO2S/c1-16-7-2-3-8(9(14)6-7)12(15)10-4-5-11(13)17-10/h2-6,12,15H,1H3. The lowest BCUT2D eigenvalue weighted by Gasteiger charge is -2.11. The SMILES string of the molecule is COc1ccc(C(O)c2ccc(Br)s2)c(F)c1. The zero-order valence-corrected chi connectivity index (χ0v) is 11.4. The highest BCUT2D eigenvalue weighted by molar-refractivity contribution is 9.11. The van der Waals surface area contributed by atoms with Gasteiger partial charge in [-0.05, 0) is 40.2 Å². The van der Waals surface area contributed by atoms with Crippen molar-refractivity contribution in [2.24, 2.45) is 0 Å².